The predicted molar refractivity (Wildman–Crippen MR) is 88.3 cm³/mol. The highest BCUT2D eigenvalue weighted by Gasteiger charge is 2.38. The lowest BCUT2D eigenvalue weighted by molar-refractivity contribution is -0.151. The molecule has 0 radical (unpaired) electrons. The van der Waals surface area contributed by atoms with Crippen LogP contribution in [-0.4, -0.2) is 29.1 Å². The Morgan fingerprint density at radius 3 is 2.81 bits per heavy atom. The molecule has 2 rings (SSSR count). The molecule has 0 aromatic heterocycles. The summed E-state index contributed by atoms with van der Waals surface area (Å²) in [5, 5.41) is 9.42. The third-order valence-corrected chi connectivity index (χ3v) is 5.42. The van der Waals surface area contributed by atoms with Crippen LogP contribution in [-0.2, 0) is 11.3 Å². The molecule has 1 aliphatic rings. The number of piperidine rings is 1. The molecule has 1 aliphatic heterocycles. The van der Waals surface area contributed by atoms with Crippen molar-refractivity contribution in [3.05, 3.63) is 33.8 Å². The van der Waals surface area contributed by atoms with E-state index in [1.807, 2.05) is 13.8 Å². The van der Waals surface area contributed by atoms with Crippen molar-refractivity contribution in [1.29, 1.82) is 0 Å². The lowest BCUT2D eigenvalue weighted by Gasteiger charge is -2.39. The molecule has 1 atom stereocenters. The highest BCUT2D eigenvalue weighted by molar-refractivity contribution is 9.10. The van der Waals surface area contributed by atoms with E-state index in [9.17, 15) is 9.90 Å². The first-order chi connectivity index (χ1) is 9.80. The van der Waals surface area contributed by atoms with E-state index in [4.69, 9.17) is 0 Å². The number of hydrogen-bond acceptors (Lipinski definition) is 2. The van der Waals surface area contributed by atoms with Crippen molar-refractivity contribution in [2.45, 2.75) is 40.2 Å². The standard InChI is InChI=1S/C17H24BrNO2/c1-12-6-7-13(15(18)9-12)10-19-8-4-5-14(11-19)17(2,3)16(20)21/h6-7,9,14H,4-5,8,10-11H2,1-3H3,(H,20,21). The number of carboxylic acids is 1. The summed E-state index contributed by atoms with van der Waals surface area (Å²) in [4.78, 5) is 13.8. The molecule has 1 fully saturated rings. The maximum absolute atomic E-state index is 11.5. The molecule has 0 bridgehead atoms. The minimum absolute atomic E-state index is 0.216. The molecule has 4 heteroatoms. The highest BCUT2D eigenvalue weighted by Crippen LogP contribution is 2.35. The van der Waals surface area contributed by atoms with Crippen molar-refractivity contribution < 1.29 is 9.90 Å². The van der Waals surface area contributed by atoms with E-state index >= 15 is 0 Å². The molecule has 21 heavy (non-hydrogen) atoms. The van der Waals surface area contributed by atoms with E-state index in [-0.39, 0.29) is 5.92 Å². The molecular formula is C17H24BrNO2. The van der Waals surface area contributed by atoms with Crippen molar-refractivity contribution in [3.63, 3.8) is 0 Å². The lowest BCUT2D eigenvalue weighted by atomic mass is 9.74. The zero-order chi connectivity index (χ0) is 15.6. The van der Waals surface area contributed by atoms with Crippen LogP contribution in [0.1, 0.15) is 37.8 Å². The maximum Gasteiger partial charge on any atom is 0.309 e. The first kappa shape index (κ1) is 16.5. The second kappa shape index (κ2) is 6.49. The Morgan fingerprint density at radius 2 is 2.19 bits per heavy atom. The summed E-state index contributed by atoms with van der Waals surface area (Å²) >= 11 is 3.63. The van der Waals surface area contributed by atoms with Crippen molar-refractivity contribution in [1.82, 2.24) is 4.90 Å². The summed E-state index contributed by atoms with van der Waals surface area (Å²) in [6.45, 7) is 8.58. The van der Waals surface area contributed by atoms with Gasteiger partial charge in [0.2, 0.25) is 0 Å². The Kier molecular flexibility index (Phi) is 5.10. The number of halogens is 1. The minimum atomic E-state index is -0.689. The largest absolute Gasteiger partial charge is 0.481 e. The third kappa shape index (κ3) is 3.86. The second-order valence-electron chi connectivity index (χ2n) is 6.70. The second-order valence-corrected chi connectivity index (χ2v) is 7.55. The number of aliphatic carboxylic acids is 1. The average molecular weight is 354 g/mol. The number of carbonyl (C=O) groups is 1. The van der Waals surface area contributed by atoms with Crippen molar-refractivity contribution in [2.24, 2.45) is 11.3 Å². The molecule has 1 N–H and O–H groups in total. The van der Waals surface area contributed by atoms with E-state index < -0.39 is 11.4 Å². The van der Waals surface area contributed by atoms with E-state index in [1.54, 1.807) is 0 Å². The number of carboxylic acid groups (broad SMARTS) is 1. The van der Waals surface area contributed by atoms with E-state index in [2.05, 4.69) is 46.0 Å². The van der Waals surface area contributed by atoms with Gasteiger partial charge in [0.15, 0.2) is 0 Å². The topological polar surface area (TPSA) is 40.5 Å². The summed E-state index contributed by atoms with van der Waals surface area (Å²) < 4.78 is 1.14. The van der Waals surface area contributed by atoms with E-state index in [0.29, 0.717) is 0 Å². The van der Waals surface area contributed by atoms with Crippen LogP contribution in [0.3, 0.4) is 0 Å². The molecule has 1 saturated heterocycles. The monoisotopic (exact) mass is 353 g/mol. The summed E-state index contributed by atoms with van der Waals surface area (Å²) in [6, 6.07) is 6.42. The molecule has 3 nitrogen and oxygen atoms in total. The van der Waals surface area contributed by atoms with Gasteiger partial charge in [-0.2, -0.15) is 0 Å². The molecule has 0 spiro atoms. The fraction of sp³-hybridized carbons (Fsp3) is 0.588. The molecule has 1 aromatic rings. The Morgan fingerprint density at radius 1 is 1.48 bits per heavy atom. The van der Waals surface area contributed by atoms with E-state index in [1.165, 1.54) is 11.1 Å². The van der Waals surface area contributed by atoms with Crippen molar-refractivity contribution in [2.75, 3.05) is 13.1 Å². The van der Waals surface area contributed by atoms with Crippen LogP contribution < -0.4 is 0 Å². The number of aryl methyl sites for hydroxylation is 1. The first-order valence-corrected chi connectivity index (χ1v) is 8.31. The Bertz CT molecular complexity index is 528. The van der Waals surface area contributed by atoms with Crippen LogP contribution in [0.4, 0.5) is 0 Å². The molecular weight excluding hydrogens is 330 g/mol. The van der Waals surface area contributed by atoms with Gasteiger partial charge in [-0.25, -0.2) is 0 Å². The summed E-state index contributed by atoms with van der Waals surface area (Å²) in [7, 11) is 0. The number of rotatable bonds is 4. The van der Waals surface area contributed by atoms with Gasteiger partial charge < -0.3 is 5.11 Å². The quantitative estimate of drug-likeness (QED) is 0.886. The van der Waals surface area contributed by atoms with Crippen LogP contribution in [0.5, 0.6) is 0 Å². The van der Waals surface area contributed by atoms with Crippen molar-refractivity contribution >= 4 is 21.9 Å². The molecule has 0 saturated carbocycles. The Balaban J connectivity index is 2.06. The van der Waals surface area contributed by atoms with Crippen LogP contribution >= 0.6 is 15.9 Å². The van der Waals surface area contributed by atoms with Crippen molar-refractivity contribution in [3.8, 4) is 0 Å². The van der Waals surface area contributed by atoms with Gasteiger partial charge in [-0.3, -0.25) is 9.69 Å². The fourth-order valence-electron chi connectivity index (χ4n) is 2.98. The smallest absolute Gasteiger partial charge is 0.309 e. The zero-order valence-electron chi connectivity index (χ0n) is 13.0. The Hall–Kier alpha value is -0.870. The lowest BCUT2D eigenvalue weighted by Crippen LogP contribution is -2.44. The summed E-state index contributed by atoms with van der Waals surface area (Å²) in [5.74, 6) is -0.473. The normalized spacial score (nSPS) is 20.5. The summed E-state index contributed by atoms with van der Waals surface area (Å²) in [6.07, 6.45) is 2.08. The number of benzene rings is 1. The van der Waals surface area contributed by atoms with Crippen LogP contribution in [0.25, 0.3) is 0 Å². The van der Waals surface area contributed by atoms with Gasteiger partial charge in [0.1, 0.15) is 0 Å². The van der Waals surface area contributed by atoms with Gasteiger partial charge in [-0.1, -0.05) is 28.1 Å². The molecule has 0 amide bonds. The summed E-state index contributed by atoms with van der Waals surface area (Å²) in [5.41, 5.74) is 1.87. The van der Waals surface area contributed by atoms with Gasteiger partial charge in [-0.15, -0.1) is 0 Å². The van der Waals surface area contributed by atoms with Crippen LogP contribution in [0.2, 0.25) is 0 Å². The molecule has 0 aliphatic carbocycles. The van der Waals surface area contributed by atoms with Gasteiger partial charge in [0.05, 0.1) is 5.41 Å². The Labute approximate surface area is 135 Å². The van der Waals surface area contributed by atoms with E-state index in [0.717, 1.165) is 36.9 Å². The SMILES string of the molecule is Cc1ccc(CN2CCCC(C(C)(C)C(=O)O)C2)c(Br)c1. The first-order valence-electron chi connectivity index (χ1n) is 7.51. The fourth-order valence-corrected chi connectivity index (χ4v) is 3.60. The highest BCUT2D eigenvalue weighted by atomic mass is 79.9. The third-order valence-electron chi connectivity index (χ3n) is 4.68. The number of hydrogen-bond donors (Lipinski definition) is 1. The predicted octanol–water partition coefficient (Wildman–Crippen LogP) is 4.08. The minimum Gasteiger partial charge on any atom is -0.481 e. The molecule has 1 unspecified atom stereocenters. The molecule has 1 aromatic carbocycles. The van der Waals surface area contributed by atoms with Gasteiger partial charge >= 0.3 is 5.97 Å². The van der Waals surface area contributed by atoms with Crippen LogP contribution in [0.15, 0.2) is 22.7 Å². The molecule has 1 heterocycles. The van der Waals surface area contributed by atoms with Gasteiger partial charge in [0, 0.05) is 17.6 Å². The van der Waals surface area contributed by atoms with Crippen LogP contribution in [0, 0.1) is 18.3 Å². The van der Waals surface area contributed by atoms with Gasteiger partial charge in [0.25, 0.3) is 0 Å². The zero-order valence-corrected chi connectivity index (χ0v) is 14.6. The van der Waals surface area contributed by atoms with Gasteiger partial charge in [-0.05, 0) is 63.3 Å². The average Bonchev–Trinajstić information content (AvgIpc) is 2.42. The maximum atomic E-state index is 11.5. The number of nitrogens with zero attached hydrogens (tertiary/aromatic N) is 1. The number of likely N-dealkylation sites (tertiary alicyclic amines) is 1. The molecule has 116 valence electrons.